The van der Waals surface area contributed by atoms with Crippen LogP contribution in [0.4, 0.5) is 0 Å². The molecule has 78 valence electrons. The van der Waals surface area contributed by atoms with Crippen LogP contribution in [0.3, 0.4) is 0 Å². The van der Waals surface area contributed by atoms with Crippen LogP contribution < -0.4 is 0 Å². The second-order valence-electron chi connectivity index (χ2n) is 3.65. The summed E-state index contributed by atoms with van der Waals surface area (Å²) in [6, 6.07) is 0. The van der Waals surface area contributed by atoms with E-state index in [1.165, 1.54) is 11.3 Å². The number of thiazole rings is 1. The van der Waals surface area contributed by atoms with Gasteiger partial charge in [-0.1, -0.05) is 5.16 Å². The van der Waals surface area contributed by atoms with Gasteiger partial charge in [0.1, 0.15) is 5.69 Å². The Kier molecular flexibility index (Phi) is 2.03. The lowest BCUT2D eigenvalue weighted by Gasteiger charge is -2.27. The van der Waals surface area contributed by atoms with Crippen molar-refractivity contribution in [3.63, 3.8) is 0 Å². The molecular formula is C9H9N3O2S. The number of aromatic nitrogens is 3. The molecule has 0 spiro atoms. The molecule has 5 nitrogen and oxygen atoms in total. The fourth-order valence-corrected chi connectivity index (χ4v) is 2.15. The number of hydrogen-bond donors (Lipinski definition) is 1. The van der Waals surface area contributed by atoms with Gasteiger partial charge in [0.2, 0.25) is 11.7 Å². The molecule has 1 fully saturated rings. The summed E-state index contributed by atoms with van der Waals surface area (Å²) in [6.45, 7) is 0. The van der Waals surface area contributed by atoms with Crippen LogP contribution >= 0.6 is 11.3 Å². The van der Waals surface area contributed by atoms with Crippen molar-refractivity contribution in [2.45, 2.75) is 24.9 Å². The van der Waals surface area contributed by atoms with Crippen molar-refractivity contribution in [1.29, 1.82) is 0 Å². The van der Waals surface area contributed by atoms with Crippen LogP contribution in [0.25, 0.3) is 11.5 Å². The van der Waals surface area contributed by atoms with Gasteiger partial charge in [-0.05, 0) is 12.8 Å². The van der Waals surface area contributed by atoms with Gasteiger partial charge in [0.05, 0.1) is 11.6 Å². The van der Waals surface area contributed by atoms with Crippen LogP contribution in [0.15, 0.2) is 15.4 Å². The minimum atomic E-state index is -0.204. The standard InChI is InChI=1S/C9H9N3O2S/c13-6-1-5(2-6)9-11-8(12-14-9)7-3-15-4-10-7/h3-6,13H,1-2H2. The SMILES string of the molecule is OC1CC(c2nc(-c3cscn3)no2)C1. The maximum absolute atomic E-state index is 9.17. The smallest absolute Gasteiger partial charge is 0.230 e. The van der Waals surface area contributed by atoms with Gasteiger partial charge in [-0.2, -0.15) is 4.98 Å². The summed E-state index contributed by atoms with van der Waals surface area (Å²) in [6.07, 6.45) is 1.24. The van der Waals surface area contributed by atoms with Gasteiger partial charge in [-0.25, -0.2) is 4.98 Å². The third-order valence-corrected chi connectivity index (χ3v) is 3.15. The Morgan fingerprint density at radius 3 is 3.00 bits per heavy atom. The number of aliphatic hydroxyl groups is 1. The van der Waals surface area contributed by atoms with Crippen LogP contribution in [-0.4, -0.2) is 26.3 Å². The van der Waals surface area contributed by atoms with Crippen molar-refractivity contribution in [1.82, 2.24) is 15.1 Å². The summed E-state index contributed by atoms with van der Waals surface area (Å²) in [4.78, 5) is 8.37. The van der Waals surface area contributed by atoms with E-state index in [0.29, 0.717) is 11.7 Å². The lowest BCUT2D eigenvalue weighted by Crippen LogP contribution is -2.26. The average molecular weight is 223 g/mol. The third kappa shape index (κ3) is 1.55. The Morgan fingerprint density at radius 2 is 2.33 bits per heavy atom. The molecule has 3 rings (SSSR count). The predicted octanol–water partition coefficient (Wildman–Crippen LogP) is 1.43. The normalized spacial score (nSPS) is 25.1. The van der Waals surface area contributed by atoms with E-state index in [4.69, 9.17) is 9.63 Å². The Morgan fingerprint density at radius 1 is 1.47 bits per heavy atom. The number of hydrogen-bond acceptors (Lipinski definition) is 6. The molecule has 2 aromatic heterocycles. The molecule has 0 bridgehead atoms. The second-order valence-corrected chi connectivity index (χ2v) is 4.37. The molecule has 1 aliphatic carbocycles. The summed E-state index contributed by atoms with van der Waals surface area (Å²) in [5, 5.41) is 14.9. The molecule has 6 heteroatoms. The molecule has 0 aliphatic heterocycles. The molecule has 0 unspecified atom stereocenters. The van der Waals surface area contributed by atoms with E-state index in [0.717, 1.165) is 18.5 Å². The van der Waals surface area contributed by atoms with E-state index in [9.17, 15) is 0 Å². The maximum Gasteiger partial charge on any atom is 0.230 e. The van der Waals surface area contributed by atoms with E-state index < -0.39 is 0 Å². The maximum atomic E-state index is 9.17. The molecule has 15 heavy (non-hydrogen) atoms. The lowest BCUT2D eigenvalue weighted by atomic mass is 9.82. The van der Waals surface area contributed by atoms with E-state index in [1.54, 1.807) is 5.51 Å². The molecule has 0 aromatic carbocycles. The molecule has 1 saturated carbocycles. The summed E-state index contributed by atoms with van der Waals surface area (Å²) >= 11 is 1.50. The predicted molar refractivity (Wildman–Crippen MR) is 53.4 cm³/mol. The number of rotatable bonds is 2. The molecule has 1 N–H and O–H groups in total. The quantitative estimate of drug-likeness (QED) is 0.833. The highest BCUT2D eigenvalue weighted by Crippen LogP contribution is 2.36. The van der Waals surface area contributed by atoms with Crippen molar-refractivity contribution in [3.8, 4) is 11.5 Å². The first-order valence-corrected chi connectivity index (χ1v) is 5.67. The minimum Gasteiger partial charge on any atom is -0.393 e. The van der Waals surface area contributed by atoms with Crippen molar-refractivity contribution in [3.05, 3.63) is 16.8 Å². The van der Waals surface area contributed by atoms with Crippen molar-refractivity contribution < 1.29 is 9.63 Å². The van der Waals surface area contributed by atoms with E-state index in [2.05, 4.69) is 15.1 Å². The Bertz CT molecular complexity index is 448. The van der Waals surface area contributed by atoms with Crippen LogP contribution in [0.5, 0.6) is 0 Å². The molecule has 0 saturated heterocycles. The first-order valence-electron chi connectivity index (χ1n) is 4.73. The van der Waals surface area contributed by atoms with E-state index >= 15 is 0 Å². The minimum absolute atomic E-state index is 0.204. The van der Waals surface area contributed by atoms with E-state index in [1.807, 2.05) is 5.38 Å². The van der Waals surface area contributed by atoms with Crippen molar-refractivity contribution >= 4 is 11.3 Å². The number of aliphatic hydroxyl groups excluding tert-OH is 1. The van der Waals surface area contributed by atoms with Gasteiger partial charge < -0.3 is 9.63 Å². The first kappa shape index (κ1) is 8.99. The molecule has 2 heterocycles. The summed E-state index contributed by atoms with van der Waals surface area (Å²) in [5.41, 5.74) is 2.48. The van der Waals surface area contributed by atoms with Gasteiger partial charge in [0.25, 0.3) is 0 Å². The fourth-order valence-electron chi connectivity index (χ4n) is 1.62. The number of nitrogens with zero attached hydrogens (tertiary/aromatic N) is 3. The topological polar surface area (TPSA) is 72.0 Å². The molecular weight excluding hydrogens is 214 g/mol. The highest BCUT2D eigenvalue weighted by molar-refractivity contribution is 7.07. The average Bonchev–Trinajstić information content (AvgIpc) is 2.83. The van der Waals surface area contributed by atoms with Crippen LogP contribution in [0, 0.1) is 0 Å². The summed E-state index contributed by atoms with van der Waals surface area (Å²) in [5.74, 6) is 1.37. The Labute approximate surface area is 89.8 Å². The summed E-state index contributed by atoms with van der Waals surface area (Å²) in [7, 11) is 0. The fraction of sp³-hybridized carbons (Fsp3) is 0.444. The lowest BCUT2D eigenvalue weighted by molar-refractivity contribution is 0.0625. The second kappa shape index (κ2) is 3.39. The third-order valence-electron chi connectivity index (χ3n) is 2.57. The van der Waals surface area contributed by atoms with E-state index in [-0.39, 0.29) is 12.0 Å². The van der Waals surface area contributed by atoms with Gasteiger partial charge in [0, 0.05) is 11.3 Å². The van der Waals surface area contributed by atoms with Crippen molar-refractivity contribution in [2.75, 3.05) is 0 Å². The first-order chi connectivity index (χ1) is 7.33. The van der Waals surface area contributed by atoms with Gasteiger partial charge >= 0.3 is 0 Å². The van der Waals surface area contributed by atoms with Gasteiger partial charge in [-0.3, -0.25) is 0 Å². The van der Waals surface area contributed by atoms with Crippen LogP contribution in [0.2, 0.25) is 0 Å². The molecule has 1 aliphatic rings. The van der Waals surface area contributed by atoms with Crippen LogP contribution in [0.1, 0.15) is 24.7 Å². The van der Waals surface area contributed by atoms with Crippen LogP contribution in [-0.2, 0) is 0 Å². The monoisotopic (exact) mass is 223 g/mol. The zero-order chi connectivity index (χ0) is 10.3. The molecule has 2 aromatic rings. The highest BCUT2D eigenvalue weighted by Gasteiger charge is 2.33. The van der Waals surface area contributed by atoms with Crippen molar-refractivity contribution in [2.24, 2.45) is 0 Å². The Balaban J connectivity index is 1.82. The van der Waals surface area contributed by atoms with Gasteiger partial charge in [-0.15, -0.1) is 11.3 Å². The molecule has 0 amide bonds. The molecule has 0 radical (unpaired) electrons. The summed E-state index contributed by atoms with van der Waals surface area (Å²) < 4.78 is 5.13. The zero-order valence-corrected chi connectivity index (χ0v) is 8.65. The highest BCUT2D eigenvalue weighted by atomic mass is 32.1. The molecule has 0 atom stereocenters. The zero-order valence-electron chi connectivity index (χ0n) is 7.83. The Hall–Kier alpha value is -1.27. The largest absolute Gasteiger partial charge is 0.393 e. The van der Waals surface area contributed by atoms with Gasteiger partial charge in [0.15, 0.2) is 0 Å².